The van der Waals surface area contributed by atoms with Crippen LogP contribution in [0, 0.1) is 5.92 Å². The molecule has 4 heteroatoms. The Hall–Kier alpha value is -2.17. The molecule has 1 N–H and O–H groups in total. The molecule has 0 amide bonds. The van der Waals surface area contributed by atoms with E-state index in [1.54, 1.807) is 0 Å². The van der Waals surface area contributed by atoms with Crippen LogP contribution in [0.4, 0.5) is 0 Å². The Kier molecular flexibility index (Phi) is 5.28. The molecule has 0 saturated carbocycles. The van der Waals surface area contributed by atoms with E-state index in [1.165, 1.54) is 21.9 Å². The smallest absolute Gasteiger partial charge is 0.307 e. The highest BCUT2D eigenvalue weighted by Crippen LogP contribution is 2.34. The van der Waals surface area contributed by atoms with Crippen LogP contribution in [0.2, 0.25) is 0 Å². The van der Waals surface area contributed by atoms with Crippen LogP contribution in [-0.4, -0.2) is 29.1 Å². The minimum Gasteiger partial charge on any atom is -0.481 e. The van der Waals surface area contributed by atoms with E-state index in [0.717, 1.165) is 23.9 Å². The molecule has 1 fully saturated rings. The first-order valence-electron chi connectivity index (χ1n) is 9.33. The van der Waals surface area contributed by atoms with Crippen molar-refractivity contribution in [2.24, 2.45) is 5.92 Å². The number of rotatable bonds is 4. The lowest BCUT2D eigenvalue weighted by Gasteiger charge is -2.37. The molecule has 1 heterocycles. The highest BCUT2D eigenvalue weighted by Gasteiger charge is 2.31. The lowest BCUT2D eigenvalue weighted by molar-refractivity contribution is -0.143. The molecule has 27 heavy (non-hydrogen) atoms. The molecule has 0 radical (unpaired) electrons. The van der Waals surface area contributed by atoms with Gasteiger partial charge in [-0.2, -0.15) is 0 Å². The summed E-state index contributed by atoms with van der Waals surface area (Å²) in [5.74, 6) is -0.982. The standard InChI is InChI=1S/C23H22BrNO2/c24-21-11-9-17(10-12-21)22(25-13-3-6-20(15-25)23(26)27)19-8-7-16-4-1-2-5-18(16)14-19/h1-2,4-5,7-12,14,20,22H,3,6,13,15H2,(H,26,27). The maximum absolute atomic E-state index is 11.6. The molecular weight excluding hydrogens is 402 g/mol. The summed E-state index contributed by atoms with van der Waals surface area (Å²) in [6.45, 7) is 1.50. The third kappa shape index (κ3) is 3.92. The van der Waals surface area contributed by atoms with Crippen molar-refractivity contribution in [1.82, 2.24) is 4.90 Å². The van der Waals surface area contributed by atoms with Crippen molar-refractivity contribution in [3.05, 3.63) is 82.3 Å². The average Bonchev–Trinajstić information content (AvgIpc) is 2.70. The fourth-order valence-corrected chi connectivity index (χ4v) is 4.34. The number of fused-ring (bicyclic) bond motifs is 1. The average molecular weight is 424 g/mol. The lowest BCUT2D eigenvalue weighted by Crippen LogP contribution is -2.41. The summed E-state index contributed by atoms with van der Waals surface area (Å²) in [5.41, 5.74) is 2.40. The number of likely N-dealkylation sites (tertiary alicyclic amines) is 1. The molecule has 0 bridgehead atoms. The number of aliphatic carboxylic acids is 1. The molecule has 1 saturated heterocycles. The first kappa shape index (κ1) is 18.2. The van der Waals surface area contributed by atoms with E-state index in [9.17, 15) is 9.90 Å². The van der Waals surface area contributed by atoms with Gasteiger partial charge in [0.05, 0.1) is 12.0 Å². The number of piperidine rings is 1. The maximum Gasteiger partial charge on any atom is 0.307 e. The maximum atomic E-state index is 11.6. The van der Waals surface area contributed by atoms with Crippen LogP contribution in [-0.2, 0) is 4.79 Å². The Balaban J connectivity index is 1.77. The Labute approximate surface area is 167 Å². The Morgan fingerprint density at radius 3 is 2.44 bits per heavy atom. The molecule has 3 aromatic carbocycles. The zero-order chi connectivity index (χ0) is 18.8. The fraction of sp³-hybridized carbons (Fsp3) is 0.261. The summed E-state index contributed by atoms with van der Waals surface area (Å²) in [5, 5.41) is 12.0. The van der Waals surface area contributed by atoms with Crippen LogP contribution >= 0.6 is 15.9 Å². The molecule has 1 aliphatic rings. The molecule has 0 aromatic heterocycles. The van der Waals surface area contributed by atoms with Crippen molar-refractivity contribution in [3.63, 3.8) is 0 Å². The highest BCUT2D eigenvalue weighted by atomic mass is 79.9. The van der Waals surface area contributed by atoms with Gasteiger partial charge in [0.15, 0.2) is 0 Å². The third-order valence-electron chi connectivity index (χ3n) is 5.44. The second-order valence-corrected chi connectivity index (χ2v) is 8.15. The van der Waals surface area contributed by atoms with Crippen molar-refractivity contribution in [2.75, 3.05) is 13.1 Å². The second-order valence-electron chi connectivity index (χ2n) is 7.23. The topological polar surface area (TPSA) is 40.5 Å². The number of halogens is 1. The Morgan fingerprint density at radius 1 is 1.00 bits per heavy atom. The SMILES string of the molecule is O=C(O)C1CCCN(C(c2ccc(Br)cc2)c2ccc3ccccc3c2)C1. The predicted octanol–water partition coefficient (Wildman–Crippen LogP) is 5.49. The number of benzene rings is 3. The van der Waals surface area contributed by atoms with E-state index in [-0.39, 0.29) is 12.0 Å². The zero-order valence-corrected chi connectivity index (χ0v) is 16.6. The van der Waals surface area contributed by atoms with Gasteiger partial charge in [-0.1, -0.05) is 64.5 Å². The first-order chi connectivity index (χ1) is 13.1. The molecule has 3 aromatic rings. The van der Waals surface area contributed by atoms with Gasteiger partial charge >= 0.3 is 5.97 Å². The van der Waals surface area contributed by atoms with Gasteiger partial charge in [-0.05, 0) is 59.5 Å². The Morgan fingerprint density at radius 2 is 1.70 bits per heavy atom. The van der Waals surface area contributed by atoms with Crippen LogP contribution < -0.4 is 0 Å². The molecule has 4 rings (SSSR count). The number of carbonyl (C=O) groups is 1. The summed E-state index contributed by atoms with van der Waals surface area (Å²) in [6, 6.07) is 23.4. The van der Waals surface area contributed by atoms with E-state index >= 15 is 0 Å². The Bertz CT molecular complexity index is 954. The summed E-state index contributed by atoms with van der Waals surface area (Å²) in [4.78, 5) is 13.9. The van der Waals surface area contributed by atoms with E-state index in [4.69, 9.17) is 0 Å². The van der Waals surface area contributed by atoms with Gasteiger partial charge in [0.1, 0.15) is 0 Å². The monoisotopic (exact) mass is 423 g/mol. The first-order valence-corrected chi connectivity index (χ1v) is 10.1. The number of hydrogen-bond donors (Lipinski definition) is 1. The van der Waals surface area contributed by atoms with Crippen LogP contribution in [0.3, 0.4) is 0 Å². The van der Waals surface area contributed by atoms with Gasteiger partial charge in [-0.25, -0.2) is 0 Å². The molecule has 2 atom stereocenters. The van der Waals surface area contributed by atoms with Crippen molar-refractivity contribution in [3.8, 4) is 0 Å². The van der Waals surface area contributed by atoms with Gasteiger partial charge in [-0.3, -0.25) is 9.69 Å². The minimum absolute atomic E-state index is 0.0601. The highest BCUT2D eigenvalue weighted by molar-refractivity contribution is 9.10. The number of carboxylic acids is 1. The van der Waals surface area contributed by atoms with Gasteiger partial charge in [0, 0.05) is 11.0 Å². The molecule has 0 aliphatic carbocycles. The van der Waals surface area contributed by atoms with Crippen molar-refractivity contribution in [2.45, 2.75) is 18.9 Å². The lowest BCUT2D eigenvalue weighted by atomic mass is 9.90. The quantitative estimate of drug-likeness (QED) is 0.602. The number of nitrogens with zero attached hydrogens (tertiary/aromatic N) is 1. The largest absolute Gasteiger partial charge is 0.481 e. The van der Waals surface area contributed by atoms with Crippen molar-refractivity contribution in [1.29, 1.82) is 0 Å². The normalized spacial score (nSPS) is 19.1. The molecular formula is C23H22BrNO2. The van der Waals surface area contributed by atoms with E-state index < -0.39 is 5.97 Å². The minimum atomic E-state index is -0.687. The molecule has 2 unspecified atom stereocenters. The van der Waals surface area contributed by atoms with Crippen molar-refractivity contribution >= 4 is 32.7 Å². The third-order valence-corrected chi connectivity index (χ3v) is 5.97. The van der Waals surface area contributed by atoms with Crippen LogP contribution in [0.5, 0.6) is 0 Å². The van der Waals surface area contributed by atoms with E-state index in [0.29, 0.717) is 6.54 Å². The van der Waals surface area contributed by atoms with E-state index in [1.807, 2.05) is 0 Å². The molecule has 1 aliphatic heterocycles. The summed E-state index contributed by atoms with van der Waals surface area (Å²) < 4.78 is 1.05. The van der Waals surface area contributed by atoms with E-state index in [2.05, 4.69) is 87.6 Å². The van der Waals surface area contributed by atoms with Crippen molar-refractivity contribution < 1.29 is 9.90 Å². The van der Waals surface area contributed by atoms with Gasteiger partial charge < -0.3 is 5.11 Å². The number of carboxylic acid groups (broad SMARTS) is 1. The van der Waals surface area contributed by atoms with Crippen LogP contribution in [0.25, 0.3) is 10.8 Å². The van der Waals surface area contributed by atoms with Gasteiger partial charge in [0.2, 0.25) is 0 Å². The molecule has 138 valence electrons. The fourth-order valence-electron chi connectivity index (χ4n) is 4.08. The molecule has 3 nitrogen and oxygen atoms in total. The zero-order valence-electron chi connectivity index (χ0n) is 15.0. The van der Waals surface area contributed by atoms with Crippen LogP contribution in [0.15, 0.2) is 71.2 Å². The summed E-state index contributed by atoms with van der Waals surface area (Å²) in [6.07, 6.45) is 1.67. The molecule has 0 spiro atoms. The summed E-state index contributed by atoms with van der Waals surface area (Å²) >= 11 is 3.52. The number of hydrogen-bond acceptors (Lipinski definition) is 2. The second kappa shape index (κ2) is 7.83. The summed E-state index contributed by atoms with van der Waals surface area (Å²) in [7, 11) is 0. The van der Waals surface area contributed by atoms with Crippen LogP contribution in [0.1, 0.15) is 30.0 Å². The van der Waals surface area contributed by atoms with Gasteiger partial charge in [0.25, 0.3) is 0 Å². The van der Waals surface area contributed by atoms with Gasteiger partial charge in [-0.15, -0.1) is 0 Å². The predicted molar refractivity (Wildman–Crippen MR) is 112 cm³/mol.